The minimum Gasteiger partial charge on any atom is -0.375 e. The van der Waals surface area contributed by atoms with Gasteiger partial charge in [-0.1, -0.05) is 11.6 Å². The Morgan fingerprint density at radius 2 is 2.28 bits per heavy atom. The van der Waals surface area contributed by atoms with Crippen molar-refractivity contribution in [2.45, 2.75) is 44.9 Å². The third kappa shape index (κ3) is 2.06. The van der Waals surface area contributed by atoms with E-state index in [1.165, 1.54) is 24.8 Å². The van der Waals surface area contributed by atoms with Crippen molar-refractivity contribution in [3.05, 3.63) is 16.4 Å². The zero-order chi connectivity index (χ0) is 12.7. The first-order chi connectivity index (χ1) is 8.66. The van der Waals surface area contributed by atoms with Crippen LogP contribution in [0.3, 0.4) is 0 Å². The summed E-state index contributed by atoms with van der Waals surface area (Å²) in [5.74, 6) is 0. The van der Waals surface area contributed by atoms with Crippen LogP contribution in [0.4, 0.5) is 0 Å². The van der Waals surface area contributed by atoms with E-state index in [1.807, 2.05) is 14.0 Å². The molecule has 18 heavy (non-hydrogen) atoms. The van der Waals surface area contributed by atoms with E-state index in [0.717, 1.165) is 30.5 Å². The zero-order valence-electron chi connectivity index (χ0n) is 11.0. The predicted molar refractivity (Wildman–Crippen MR) is 70.7 cm³/mol. The van der Waals surface area contributed by atoms with Gasteiger partial charge in [0.25, 0.3) is 0 Å². The molecule has 1 aromatic heterocycles. The van der Waals surface area contributed by atoms with E-state index in [9.17, 15) is 0 Å². The van der Waals surface area contributed by atoms with Crippen LogP contribution < -0.4 is 0 Å². The molecule has 1 aliphatic heterocycles. The molecule has 1 aliphatic carbocycles. The lowest BCUT2D eigenvalue weighted by Gasteiger charge is -2.37. The lowest BCUT2D eigenvalue weighted by Crippen LogP contribution is -2.47. The Balaban J connectivity index is 1.79. The maximum atomic E-state index is 6.32. The molecule has 2 fully saturated rings. The summed E-state index contributed by atoms with van der Waals surface area (Å²) >= 11 is 6.32. The summed E-state index contributed by atoms with van der Waals surface area (Å²) in [5.41, 5.74) is 2.22. The highest BCUT2D eigenvalue weighted by molar-refractivity contribution is 6.30. The lowest BCUT2D eigenvalue weighted by atomic mass is 10.1. The molecule has 2 atom stereocenters. The first kappa shape index (κ1) is 12.5. The van der Waals surface area contributed by atoms with Crippen LogP contribution in [0.5, 0.6) is 0 Å². The number of nitrogens with zero attached hydrogens (tertiary/aromatic N) is 3. The first-order valence-corrected chi connectivity index (χ1v) is 7.08. The van der Waals surface area contributed by atoms with E-state index in [1.54, 1.807) is 4.68 Å². The number of aryl methyl sites for hydroxylation is 2. The van der Waals surface area contributed by atoms with Crippen LogP contribution in [0.2, 0.25) is 5.15 Å². The van der Waals surface area contributed by atoms with Crippen molar-refractivity contribution >= 4 is 11.6 Å². The monoisotopic (exact) mass is 269 g/mol. The Hall–Kier alpha value is -0.580. The molecule has 0 radical (unpaired) electrons. The summed E-state index contributed by atoms with van der Waals surface area (Å²) in [6.45, 7) is 4.79. The molecule has 2 aliphatic rings. The maximum absolute atomic E-state index is 6.32. The fraction of sp³-hybridized carbons (Fsp3) is 0.769. The summed E-state index contributed by atoms with van der Waals surface area (Å²) < 4.78 is 7.60. The molecule has 1 saturated heterocycles. The van der Waals surface area contributed by atoms with Gasteiger partial charge in [0.1, 0.15) is 5.15 Å². The van der Waals surface area contributed by atoms with Gasteiger partial charge in [0, 0.05) is 31.7 Å². The molecule has 4 nitrogen and oxygen atoms in total. The SMILES string of the molecule is Cc1nn(C)c(Cl)c1CN1CCOC2CCCC21. The van der Waals surface area contributed by atoms with Crippen molar-refractivity contribution in [1.82, 2.24) is 14.7 Å². The van der Waals surface area contributed by atoms with Gasteiger partial charge in [-0.05, 0) is 26.2 Å². The largest absolute Gasteiger partial charge is 0.375 e. The molecule has 0 N–H and O–H groups in total. The fourth-order valence-corrected chi connectivity index (χ4v) is 3.49. The van der Waals surface area contributed by atoms with Crippen molar-refractivity contribution in [1.29, 1.82) is 0 Å². The highest BCUT2D eigenvalue weighted by atomic mass is 35.5. The Kier molecular flexibility index (Phi) is 3.34. The van der Waals surface area contributed by atoms with Crippen LogP contribution in [0.25, 0.3) is 0 Å². The van der Waals surface area contributed by atoms with Gasteiger partial charge in [-0.2, -0.15) is 5.10 Å². The predicted octanol–water partition coefficient (Wildman–Crippen LogP) is 2.14. The minimum absolute atomic E-state index is 0.439. The van der Waals surface area contributed by atoms with Gasteiger partial charge in [-0.3, -0.25) is 9.58 Å². The average Bonchev–Trinajstić information content (AvgIpc) is 2.91. The normalized spacial score (nSPS) is 28.6. The summed E-state index contributed by atoms with van der Waals surface area (Å²) in [6.07, 6.45) is 4.18. The number of hydrogen-bond acceptors (Lipinski definition) is 3. The van der Waals surface area contributed by atoms with E-state index in [2.05, 4.69) is 10.00 Å². The van der Waals surface area contributed by atoms with Crippen molar-refractivity contribution < 1.29 is 4.74 Å². The maximum Gasteiger partial charge on any atom is 0.131 e. The lowest BCUT2D eigenvalue weighted by molar-refractivity contribution is -0.0588. The van der Waals surface area contributed by atoms with Crippen molar-refractivity contribution in [2.24, 2.45) is 7.05 Å². The van der Waals surface area contributed by atoms with E-state index in [-0.39, 0.29) is 0 Å². The number of halogens is 1. The summed E-state index contributed by atoms with van der Waals surface area (Å²) in [4.78, 5) is 2.52. The molecule has 2 heterocycles. The van der Waals surface area contributed by atoms with Gasteiger partial charge in [-0.15, -0.1) is 0 Å². The van der Waals surface area contributed by atoms with Gasteiger partial charge in [0.2, 0.25) is 0 Å². The van der Waals surface area contributed by atoms with Gasteiger partial charge >= 0.3 is 0 Å². The Morgan fingerprint density at radius 3 is 3.00 bits per heavy atom. The molecule has 1 aromatic rings. The van der Waals surface area contributed by atoms with Gasteiger partial charge < -0.3 is 4.74 Å². The quantitative estimate of drug-likeness (QED) is 0.824. The Bertz CT molecular complexity index is 446. The van der Waals surface area contributed by atoms with Crippen LogP contribution in [0, 0.1) is 6.92 Å². The molecule has 3 rings (SSSR count). The van der Waals surface area contributed by atoms with E-state index in [4.69, 9.17) is 16.3 Å². The van der Waals surface area contributed by atoms with Crippen LogP contribution in [-0.4, -0.2) is 40.0 Å². The minimum atomic E-state index is 0.439. The van der Waals surface area contributed by atoms with Crippen LogP contribution in [-0.2, 0) is 18.3 Å². The fourth-order valence-electron chi connectivity index (χ4n) is 3.26. The van der Waals surface area contributed by atoms with Crippen molar-refractivity contribution in [2.75, 3.05) is 13.2 Å². The van der Waals surface area contributed by atoms with E-state index >= 15 is 0 Å². The highest BCUT2D eigenvalue weighted by Crippen LogP contribution is 2.32. The van der Waals surface area contributed by atoms with Crippen LogP contribution in [0.1, 0.15) is 30.5 Å². The highest BCUT2D eigenvalue weighted by Gasteiger charge is 2.36. The topological polar surface area (TPSA) is 30.3 Å². The third-order valence-corrected chi connectivity index (χ3v) is 4.70. The second kappa shape index (κ2) is 4.83. The van der Waals surface area contributed by atoms with E-state index < -0.39 is 0 Å². The zero-order valence-corrected chi connectivity index (χ0v) is 11.8. The number of fused-ring (bicyclic) bond motifs is 1. The molecular formula is C13H20ClN3O. The molecule has 0 bridgehead atoms. The van der Waals surface area contributed by atoms with Crippen LogP contribution in [0.15, 0.2) is 0 Å². The summed E-state index contributed by atoms with van der Waals surface area (Å²) in [5, 5.41) is 5.16. The summed E-state index contributed by atoms with van der Waals surface area (Å²) in [6, 6.07) is 0.578. The van der Waals surface area contributed by atoms with Gasteiger partial charge in [-0.25, -0.2) is 0 Å². The Labute approximate surface area is 113 Å². The standard InChI is InChI=1S/C13H20ClN3O/c1-9-10(13(14)16(2)15-9)8-17-6-7-18-12-5-3-4-11(12)17/h11-12H,3-8H2,1-2H3. The molecule has 0 spiro atoms. The van der Waals surface area contributed by atoms with Crippen molar-refractivity contribution in [3.63, 3.8) is 0 Å². The number of morpholine rings is 1. The molecule has 0 amide bonds. The first-order valence-electron chi connectivity index (χ1n) is 6.70. The Morgan fingerprint density at radius 1 is 1.44 bits per heavy atom. The number of aromatic nitrogens is 2. The third-order valence-electron chi connectivity index (χ3n) is 4.23. The molecule has 2 unspecified atom stereocenters. The number of rotatable bonds is 2. The second-order valence-electron chi connectivity index (χ2n) is 5.36. The van der Waals surface area contributed by atoms with E-state index in [0.29, 0.717) is 12.1 Å². The molecule has 100 valence electrons. The molecule has 0 aromatic carbocycles. The molecular weight excluding hydrogens is 250 g/mol. The number of ether oxygens (including phenoxy) is 1. The van der Waals surface area contributed by atoms with Crippen LogP contribution >= 0.6 is 11.6 Å². The smallest absolute Gasteiger partial charge is 0.131 e. The van der Waals surface area contributed by atoms with Gasteiger partial charge in [0.15, 0.2) is 0 Å². The van der Waals surface area contributed by atoms with Crippen molar-refractivity contribution in [3.8, 4) is 0 Å². The van der Waals surface area contributed by atoms with Gasteiger partial charge in [0.05, 0.1) is 18.4 Å². The second-order valence-corrected chi connectivity index (χ2v) is 5.71. The average molecular weight is 270 g/mol. The molecule has 5 heteroatoms. The number of hydrogen-bond donors (Lipinski definition) is 0. The summed E-state index contributed by atoms with van der Waals surface area (Å²) in [7, 11) is 1.90. The molecule has 1 saturated carbocycles.